The molecule has 458 valence electrons. The minimum Gasteiger partial charge on any atom is -0.508 e. The lowest BCUT2D eigenvalue weighted by Gasteiger charge is -2.35. The van der Waals surface area contributed by atoms with E-state index in [1.165, 1.54) is 19.1 Å². The Morgan fingerprint density at radius 2 is 1.22 bits per heavy atom. The van der Waals surface area contributed by atoms with Crippen LogP contribution >= 0.6 is 0 Å². The van der Waals surface area contributed by atoms with Crippen molar-refractivity contribution in [1.82, 2.24) is 26.6 Å². The second-order valence-corrected chi connectivity index (χ2v) is 24.0. The summed E-state index contributed by atoms with van der Waals surface area (Å²) in [6.45, 7) is 23.5. The van der Waals surface area contributed by atoms with Gasteiger partial charge >= 0.3 is 5.97 Å². The van der Waals surface area contributed by atoms with Crippen LogP contribution in [-0.2, 0) is 54.4 Å². The van der Waals surface area contributed by atoms with Crippen LogP contribution in [0.4, 0.5) is 0 Å². The van der Waals surface area contributed by atoms with Crippen LogP contribution in [-0.4, -0.2) is 117 Å². The minimum absolute atomic E-state index is 0.0473. The number of carboxylic acids is 1. The largest absolute Gasteiger partial charge is 0.508 e. The summed E-state index contributed by atoms with van der Waals surface area (Å²) in [5.74, 6) is -7.97. The quantitative estimate of drug-likeness (QED) is 0.0237. The predicted octanol–water partition coefficient (Wildman–Crippen LogP) is 6.91. The Morgan fingerprint density at radius 3 is 1.74 bits per heavy atom. The Hall–Kier alpha value is -5.66. The fourth-order valence-corrected chi connectivity index (χ4v) is 10.0. The molecule has 0 saturated carbocycles. The number of rotatable bonds is 43. The molecule has 1 aromatic carbocycles. The predicted molar refractivity (Wildman–Crippen MR) is 316 cm³/mol. The second-order valence-electron chi connectivity index (χ2n) is 24.0. The van der Waals surface area contributed by atoms with Gasteiger partial charge in [-0.05, 0) is 134 Å². The number of carboxylic acid groups (broad SMARTS) is 1. The Labute approximate surface area is 483 Å². The fourth-order valence-electron chi connectivity index (χ4n) is 10.0. The number of amides is 4. The molecular weight excluding hydrogens is 1030 g/mol. The number of allylic oxidation sites excluding steroid dienone is 2. The SMILES string of the molecule is CC[C@H](C)[C@H](NC(=O)[C@](C)(CCC/C=C/CCC[C@](C)(CC(=O)[C@H](CCCCN)NC(=O)[C@@H](N)Cc1ccc(O)cc1)C(=O)C(C)C)NC(C)C)C(=O)C[C@@H](CC(=O)O)C(=O)N[C@@H](CCC(C)=O)C(=O)N[C@H](C(=O)C(C)C)[C@@H](C)CC. The number of benzene rings is 1. The van der Waals surface area contributed by atoms with Gasteiger partial charge in [-0.25, -0.2) is 0 Å². The number of aliphatic carboxylic acids is 1. The summed E-state index contributed by atoms with van der Waals surface area (Å²) in [5, 5.41) is 34.1. The highest BCUT2D eigenvalue weighted by atomic mass is 16.4. The normalized spacial score (nSPS) is 16.2. The van der Waals surface area contributed by atoms with E-state index in [1.807, 2.05) is 67.5 Å². The molecule has 81 heavy (non-hydrogen) atoms. The summed E-state index contributed by atoms with van der Waals surface area (Å²) < 4.78 is 0. The van der Waals surface area contributed by atoms with E-state index in [4.69, 9.17) is 11.5 Å². The molecule has 4 amide bonds. The molecule has 0 fully saturated rings. The molecule has 0 bridgehead atoms. The van der Waals surface area contributed by atoms with Crippen molar-refractivity contribution in [2.24, 2.45) is 46.5 Å². The van der Waals surface area contributed by atoms with Crippen LogP contribution in [0.5, 0.6) is 5.75 Å². The lowest BCUT2D eigenvalue weighted by molar-refractivity contribution is -0.143. The molecule has 0 heterocycles. The van der Waals surface area contributed by atoms with E-state index in [0.717, 1.165) is 5.56 Å². The van der Waals surface area contributed by atoms with Crippen molar-refractivity contribution >= 4 is 58.5 Å². The van der Waals surface area contributed by atoms with Gasteiger partial charge in [0.2, 0.25) is 23.6 Å². The third-order valence-corrected chi connectivity index (χ3v) is 15.4. The number of hydrogen-bond donors (Lipinski definition) is 9. The van der Waals surface area contributed by atoms with Crippen LogP contribution < -0.4 is 38.1 Å². The zero-order valence-electron chi connectivity index (χ0n) is 51.2. The summed E-state index contributed by atoms with van der Waals surface area (Å²) >= 11 is 0. The van der Waals surface area contributed by atoms with Crippen LogP contribution in [0.2, 0.25) is 0 Å². The summed E-state index contributed by atoms with van der Waals surface area (Å²) in [6, 6.07) is 1.16. The standard InChI is InChI=1S/C62H103N7O12/c1-14-41(9)53(50(72)35-45(36-52(74)75)57(78)66-49(30-25-43(11)70)59(80)67-54(42(10)15-2)55(76)38(3)4)68-60(81)62(13,69-40(7)8)32-22-19-17-16-18-21-31-61(12,56(77)39(5)6)37-51(73)48(24-20-23-33-63)65-58(79)47(64)34-44-26-28-46(71)29-27-44/h16-17,26-29,38-42,45,47-49,53-54,69,71H,14-15,18-25,30-37,63-64H2,1-13H3,(H,65,79)(H,66,78)(H,67,80)(H,68,81)(H,74,75)/b17-16+/t41-,42-,45-,47-,48-,49-,53-,54-,61+,62-/m0/s1. The fraction of sp³-hybridized carbons (Fsp3) is 0.710. The van der Waals surface area contributed by atoms with E-state index in [-0.39, 0.29) is 72.4 Å². The third kappa shape index (κ3) is 26.4. The lowest BCUT2D eigenvalue weighted by atomic mass is 9.72. The molecule has 0 unspecified atom stereocenters. The molecule has 10 atom stereocenters. The van der Waals surface area contributed by atoms with Gasteiger partial charge in [0.05, 0.1) is 42.0 Å². The van der Waals surface area contributed by atoms with E-state index >= 15 is 0 Å². The molecule has 0 radical (unpaired) electrons. The van der Waals surface area contributed by atoms with Gasteiger partial charge < -0.3 is 53.1 Å². The molecule has 0 aliphatic carbocycles. The van der Waals surface area contributed by atoms with Gasteiger partial charge in [-0.15, -0.1) is 0 Å². The van der Waals surface area contributed by atoms with Crippen molar-refractivity contribution in [2.75, 3.05) is 6.54 Å². The molecule has 0 spiro atoms. The summed E-state index contributed by atoms with van der Waals surface area (Å²) in [6.07, 6.45) is 8.41. The smallest absolute Gasteiger partial charge is 0.304 e. The summed E-state index contributed by atoms with van der Waals surface area (Å²) in [7, 11) is 0. The van der Waals surface area contributed by atoms with Crippen LogP contribution in [0.1, 0.15) is 198 Å². The van der Waals surface area contributed by atoms with Crippen molar-refractivity contribution in [2.45, 2.75) is 241 Å². The summed E-state index contributed by atoms with van der Waals surface area (Å²) in [5.41, 5.74) is 10.6. The maximum atomic E-state index is 14.4. The van der Waals surface area contributed by atoms with Crippen LogP contribution in [0, 0.1) is 35.0 Å². The Bertz CT molecular complexity index is 2250. The number of phenols is 1. The van der Waals surface area contributed by atoms with E-state index < -0.39 is 107 Å². The maximum Gasteiger partial charge on any atom is 0.304 e. The van der Waals surface area contributed by atoms with Crippen molar-refractivity contribution in [3.63, 3.8) is 0 Å². The number of unbranched alkanes of at least 4 members (excludes halogenated alkanes) is 3. The van der Waals surface area contributed by atoms with Gasteiger partial charge in [-0.2, -0.15) is 0 Å². The third-order valence-electron chi connectivity index (χ3n) is 15.4. The highest BCUT2D eigenvalue weighted by Gasteiger charge is 2.41. The average molecular weight is 1140 g/mol. The first kappa shape index (κ1) is 73.4. The second kappa shape index (κ2) is 36.7. The van der Waals surface area contributed by atoms with E-state index in [2.05, 4.69) is 26.6 Å². The number of aromatic hydroxyl groups is 1. The Kier molecular flexibility index (Phi) is 33.3. The van der Waals surface area contributed by atoms with Gasteiger partial charge in [-0.3, -0.25) is 43.2 Å². The maximum absolute atomic E-state index is 14.4. The molecule has 19 heteroatoms. The van der Waals surface area contributed by atoms with Gasteiger partial charge in [-0.1, -0.05) is 99.4 Å². The number of nitrogens with one attached hydrogen (secondary N) is 5. The summed E-state index contributed by atoms with van der Waals surface area (Å²) in [4.78, 5) is 135. The minimum atomic E-state index is -1.44. The van der Waals surface area contributed by atoms with Crippen molar-refractivity contribution in [3.8, 4) is 5.75 Å². The number of Topliss-reactive ketones (excluding diaryl/α,β-unsaturated/α-hetero) is 5. The first-order valence-electron chi connectivity index (χ1n) is 29.6. The van der Waals surface area contributed by atoms with E-state index in [1.54, 1.807) is 39.8 Å². The number of carbonyl (C=O) groups excluding carboxylic acids is 9. The highest BCUT2D eigenvalue weighted by Crippen LogP contribution is 2.34. The molecule has 0 aliphatic heterocycles. The molecule has 1 aromatic rings. The molecule has 19 nitrogen and oxygen atoms in total. The number of hydrogen-bond acceptors (Lipinski definition) is 14. The Morgan fingerprint density at radius 1 is 0.654 bits per heavy atom. The Balaban J connectivity index is 3.20. The average Bonchev–Trinajstić information content (AvgIpc) is 3.44. The van der Waals surface area contributed by atoms with Gasteiger partial charge in [0.1, 0.15) is 23.4 Å². The van der Waals surface area contributed by atoms with Gasteiger partial charge in [0, 0.05) is 42.6 Å². The zero-order chi connectivity index (χ0) is 61.8. The van der Waals surface area contributed by atoms with Gasteiger partial charge in [0.25, 0.3) is 0 Å². The van der Waals surface area contributed by atoms with E-state index in [0.29, 0.717) is 77.2 Å². The number of ketones is 5. The molecular formula is C62H103N7O12. The number of nitrogens with two attached hydrogens (primary N) is 2. The van der Waals surface area contributed by atoms with Crippen molar-refractivity contribution in [3.05, 3.63) is 42.0 Å². The first-order valence-corrected chi connectivity index (χ1v) is 29.6. The van der Waals surface area contributed by atoms with Crippen molar-refractivity contribution < 1.29 is 58.2 Å². The molecule has 0 saturated heterocycles. The van der Waals surface area contributed by atoms with Gasteiger partial charge in [0.15, 0.2) is 17.3 Å². The van der Waals surface area contributed by atoms with Crippen molar-refractivity contribution in [1.29, 1.82) is 0 Å². The topological polar surface area (TPSA) is 323 Å². The molecule has 0 aromatic heterocycles. The first-order chi connectivity index (χ1) is 37.9. The van der Waals surface area contributed by atoms with Crippen LogP contribution in [0.3, 0.4) is 0 Å². The zero-order valence-corrected chi connectivity index (χ0v) is 51.2. The molecule has 1 rings (SSSR count). The monoisotopic (exact) mass is 1140 g/mol. The van der Waals surface area contributed by atoms with Crippen LogP contribution in [0.25, 0.3) is 0 Å². The highest BCUT2D eigenvalue weighted by molar-refractivity contribution is 5.98. The number of carbonyl (C=O) groups is 10. The number of phenolic OH excluding ortho intramolecular Hbond substituents is 1. The van der Waals surface area contributed by atoms with E-state index in [9.17, 15) is 58.2 Å². The molecule has 11 N–H and O–H groups in total. The molecule has 0 aliphatic rings. The van der Waals surface area contributed by atoms with Crippen LogP contribution in [0.15, 0.2) is 36.4 Å². The lowest BCUT2D eigenvalue weighted by Crippen LogP contribution is -2.60.